The van der Waals surface area contributed by atoms with Crippen molar-refractivity contribution in [1.29, 1.82) is 0 Å². The van der Waals surface area contributed by atoms with Crippen LogP contribution in [0.2, 0.25) is 0 Å². The number of carbonyl (C=O) groups excluding carboxylic acids is 1. The molecule has 1 N–H and O–H groups in total. The summed E-state index contributed by atoms with van der Waals surface area (Å²) >= 11 is 0. The van der Waals surface area contributed by atoms with Crippen molar-refractivity contribution in [2.24, 2.45) is 5.92 Å². The van der Waals surface area contributed by atoms with Crippen LogP contribution in [0, 0.1) is 5.92 Å². The van der Waals surface area contributed by atoms with Gasteiger partial charge in [-0.25, -0.2) is 9.59 Å². The third kappa shape index (κ3) is 2.85. The molecule has 0 bridgehead atoms. The minimum atomic E-state index is -0.870. The normalized spacial score (nSPS) is 32.2. The van der Waals surface area contributed by atoms with Crippen molar-refractivity contribution in [1.82, 2.24) is 9.80 Å². The van der Waals surface area contributed by atoms with E-state index in [0.717, 1.165) is 32.2 Å². The van der Waals surface area contributed by atoms with E-state index in [2.05, 4.69) is 13.8 Å². The van der Waals surface area contributed by atoms with Gasteiger partial charge in [0.1, 0.15) is 6.04 Å². The summed E-state index contributed by atoms with van der Waals surface area (Å²) in [5, 5.41) is 9.26. The smallest absolute Gasteiger partial charge is 0.326 e. The number of urea groups is 1. The van der Waals surface area contributed by atoms with E-state index in [0.29, 0.717) is 18.9 Å². The highest BCUT2D eigenvalue weighted by Gasteiger charge is 2.37. The van der Waals surface area contributed by atoms with E-state index < -0.39 is 12.0 Å². The molecule has 3 unspecified atom stereocenters. The lowest BCUT2D eigenvalue weighted by Gasteiger charge is -2.43. The lowest BCUT2D eigenvalue weighted by Crippen LogP contribution is -2.57. The van der Waals surface area contributed by atoms with Gasteiger partial charge in [0.15, 0.2) is 0 Å². The maximum atomic E-state index is 12.6. The van der Waals surface area contributed by atoms with Crippen LogP contribution in [0.5, 0.6) is 0 Å². The van der Waals surface area contributed by atoms with Gasteiger partial charge < -0.3 is 14.9 Å². The summed E-state index contributed by atoms with van der Waals surface area (Å²) in [6.07, 6.45) is 4.55. The van der Waals surface area contributed by atoms with E-state index in [1.807, 2.05) is 4.90 Å². The van der Waals surface area contributed by atoms with E-state index in [4.69, 9.17) is 0 Å². The fourth-order valence-corrected chi connectivity index (χ4v) is 3.19. The second-order valence-corrected chi connectivity index (χ2v) is 5.88. The first kappa shape index (κ1) is 14.2. The van der Waals surface area contributed by atoms with E-state index in [-0.39, 0.29) is 12.1 Å². The Balaban J connectivity index is 2.10. The summed E-state index contributed by atoms with van der Waals surface area (Å²) in [6.45, 7) is 5.57. The van der Waals surface area contributed by atoms with Gasteiger partial charge in [-0.1, -0.05) is 6.92 Å². The molecule has 5 nitrogen and oxygen atoms in total. The van der Waals surface area contributed by atoms with Crippen molar-refractivity contribution >= 4 is 12.0 Å². The van der Waals surface area contributed by atoms with Crippen LogP contribution in [-0.2, 0) is 4.79 Å². The number of nitrogens with zero attached hydrogens (tertiary/aromatic N) is 2. The highest BCUT2D eigenvalue weighted by Crippen LogP contribution is 2.26. The second kappa shape index (κ2) is 5.80. The number of piperidine rings is 2. The van der Waals surface area contributed by atoms with Crippen LogP contribution in [0.4, 0.5) is 4.79 Å². The molecule has 2 fully saturated rings. The number of carboxylic acids is 1. The van der Waals surface area contributed by atoms with Crippen molar-refractivity contribution in [2.45, 2.75) is 58.0 Å². The van der Waals surface area contributed by atoms with Crippen LogP contribution in [0.3, 0.4) is 0 Å². The SMILES string of the molecule is CC1CCCN(C(=O)N2CCCCC2C(=O)O)C1C. The molecule has 2 rings (SSSR count). The minimum Gasteiger partial charge on any atom is -0.480 e. The van der Waals surface area contributed by atoms with E-state index in [1.54, 1.807) is 4.90 Å². The molecule has 3 atom stereocenters. The fraction of sp³-hybridized carbons (Fsp3) is 0.857. The molecule has 108 valence electrons. The molecule has 0 radical (unpaired) electrons. The Hall–Kier alpha value is -1.26. The first-order chi connectivity index (χ1) is 9.02. The highest BCUT2D eigenvalue weighted by atomic mass is 16.4. The van der Waals surface area contributed by atoms with Gasteiger partial charge in [-0.05, 0) is 44.9 Å². The fourth-order valence-electron chi connectivity index (χ4n) is 3.19. The van der Waals surface area contributed by atoms with Gasteiger partial charge in [-0.15, -0.1) is 0 Å². The van der Waals surface area contributed by atoms with Crippen LogP contribution in [-0.4, -0.2) is 52.1 Å². The molecule has 2 saturated heterocycles. The number of hydrogen-bond acceptors (Lipinski definition) is 2. The molecule has 5 heteroatoms. The summed E-state index contributed by atoms with van der Waals surface area (Å²) in [5.41, 5.74) is 0. The summed E-state index contributed by atoms with van der Waals surface area (Å²) in [5.74, 6) is -0.378. The zero-order chi connectivity index (χ0) is 14.0. The van der Waals surface area contributed by atoms with Gasteiger partial charge in [0, 0.05) is 19.1 Å². The minimum absolute atomic E-state index is 0.0776. The average molecular weight is 268 g/mol. The molecule has 0 aromatic carbocycles. The molecule has 0 aromatic rings. The Labute approximate surface area is 114 Å². The first-order valence-electron chi connectivity index (χ1n) is 7.32. The maximum Gasteiger partial charge on any atom is 0.326 e. The predicted octanol–water partition coefficient (Wildman–Crippen LogP) is 2.17. The summed E-state index contributed by atoms with van der Waals surface area (Å²) in [6, 6.07) is -0.505. The van der Waals surface area contributed by atoms with Crippen LogP contribution in [0.25, 0.3) is 0 Å². The van der Waals surface area contributed by atoms with Crippen molar-refractivity contribution in [3.63, 3.8) is 0 Å². The van der Waals surface area contributed by atoms with E-state index >= 15 is 0 Å². The predicted molar refractivity (Wildman–Crippen MR) is 71.9 cm³/mol. The molecule has 19 heavy (non-hydrogen) atoms. The number of carbonyl (C=O) groups is 2. The number of amides is 2. The molecule has 0 spiro atoms. The van der Waals surface area contributed by atoms with Crippen molar-refractivity contribution in [2.75, 3.05) is 13.1 Å². The second-order valence-electron chi connectivity index (χ2n) is 5.88. The van der Waals surface area contributed by atoms with Crippen molar-refractivity contribution in [3.8, 4) is 0 Å². The molecule has 2 amide bonds. The molecule has 0 aliphatic carbocycles. The Morgan fingerprint density at radius 2 is 1.68 bits per heavy atom. The van der Waals surface area contributed by atoms with Gasteiger partial charge in [-0.2, -0.15) is 0 Å². The zero-order valence-corrected chi connectivity index (χ0v) is 11.8. The highest BCUT2D eigenvalue weighted by molar-refractivity contribution is 5.83. The first-order valence-corrected chi connectivity index (χ1v) is 7.32. The quantitative estimate of drug-likeness (QED) is 0.792. The summed E-state index contributed by atoms with van der Waals surface area (Å²) in [4.78, 5) is 27.3. The Kier molecular flexibility index (Phi) is 4.32. The lowest BCUT2D eigenvalue weighted by molar-refractivity contribution is -0.143. The molecule has 0 saturated carbocycles. The van der Waals surface area contributed by atoms with Crippen LogP contribution >= 0.6 is 0 Å². The largest absolute Gasteiger partial charge is 0.480 e. The van der Waals surface area contributed by atoms with Gasteiger partial charge in [0.2, 0.25) is 0 Å². The van der Waals surface area contributed by atoms with E-state index in [9.17, 15) is 14.7 Å². The summed E-state index contributed by atoms with van der Waals surface area (Å²) < 4.78 is 0. The standard InChI is InChI=1S/C14H24N2O3/c1-10-6-5-9-15(11(10)2)14(19)16-8-4-3-7-12(16)13(17)18/h10-12H,3-9H2,1-2H3,(H,17,18). The van der Waals surface area contributed by atoms with Crippen LogP contribution < -0.4 is 0 Å². The number of aliphatic carboxylic acids is 1. The van der Waals surface area contributed by atoms with E-state index in [1.165, 1.54) is 0 Å². The number of likely N-dealkylation sites (tertiary alicyclic amines) is 2. The Morgan fingerprint density at radius 1 is 1.00 bits per heavy atom. The number of carboxylic acid groups (broad SMARTS) is 1. The monoisotopic (exact) mass is 268 g/mol. The van der Waals surface area contributed by atoms with Gasteiger partial charge in [0.05, 0.1) is 0 Å². The van der Waals surface area contributed by atoms with Gasteiger partial charge >= 0.3 is 12.0 Å². The van der Waals surface area contributed by atoms with Gasteiger partial charge in [0.25, 0.3) is 0 Å². The lowest BCUT2D eigenvalue weighted by atomic mass is 9.92. The van der Waals surface area contributed by atoms with Crippen LogP contribution in [0.15, 0.2) is 0 Å². The average Bonchev–Trinajstić information content (AvgIpc) is 2.41. The molecular formula is C14H24N2O3. The topological polar surface area (TPSA) is 60.9 Å². The molecule has 2 aliphatic rings. The molecule has 0 aromatic heterocycles. The molecule has 2 aliphatic heterocycles. The molecular weight excluding hydrogens is 244 g/mol. The third-order valence-electron chi connectivity index (χ3n) is 4.65. The number of hydrogen-bond donors (Lipinski definition) is 1. The van der Waals surface area contributed by atoms with Crippen molar-refractivity contribution < 1.29 is 14.7 Å². The Morgan fingerprint density at radius 3 is 2.37 bits per heavy atom. The van der Waals surface area contributed by atoms with Crippen LogP contribution in [0.1, 0.15) is 46.0 Å². The zero-order valence-electron chi connectivity index (χ0n) is 11.8. The molecule has 2 heterocycles. The van der Waals surface area contributed by atoms with Gasteiger partial charge in [-0.3, -0.25) is 0 Å². The van der Waals surface area contributed by atoms with Crippen molar-refractivity contribution in [3.05, 3.63) is 0 Å². The maximum absolute atomic E-state index is 12.6. The summed E-state index contributed by atoms with van der Waals surface area (Å²) in [7, 11) is 0. The number of rotatable bonds is 1. The third-order valence-corrected chi connectivity index (χ3v) is 4.65. The Bertz CT molecular complexity index is 359.